The SMILES string of the molecule is CCCCC(=O)N(C(=O)c1ccccc1)[C@@H](CCS(=O)(=O)O)C(=O)O. The highest BCUT2D eigenvalue weighted by Crippen LogP contribution is 2.15. The second kappa shape index (κ2) is 9.28. The number of carboxylic acids is 1. The molecule has 0 aromatic heterocycles. The van der Waals surface area contributed by atoms with Gasteiger partial charge in [0.1, 0.15) is 6.04 Å². The highest BCUT2D eigenvalue weighted by atomic mass is 32.2. The topological polar surface area (TPSA) is 129 Å². The number of amides is 2. The molecule has 8 nitrogen and oxygen atoms in total. The molecule has 1 rings (SSSR count). The summed E-state index contributed by atoms with van der Waals surface area (Å²) in [7, 11) is -4.43. The zero-order valence-electron chi connectivity index (χ0n) is 13.8. The molecule has 2 N–H and O–H groups in total. The monoisotopic (exact) mass is 371 g/mol. The Balaban J connectivity index is 3.19. The van der Waals surface area contributed by atoms with Crippen molar-refractivity contribution in [2.45, 2.75) is 38.6 Å². The summed E-state index contributed by atoms with van der Waals surface area (Å²) in [5, 5.41) is 9.39. The van der Waals surface area contributed by atoms with E-state index >= 15 is 0 Å². The summed E-state index contributed by atoms with van der Waals surface area (Å²) in [5.74, 6) is -3.90. The van der Waals surface area contributed by atoms with Crippen molar-refractivity contribution in [3.63, 3.8) is 0 Å². The molecule has 0 aliphatic rings. The van der Waals surface area contributed by atoms with Crippen LogP contribution in [0.1, 0.15) is 43.0 Å². The molecule has 1 atom stereocenters. The maximum absolute atomic E-state index is 12.6. The Bertz CT molecular complexity index is 715. The van der Waals surface area contributed by atoms with Crippen LogP contribution in [0.3, 0.4) is 0 Å². The minimum absolute atomic E-state index is 0.0370. The molecule has 2 amide bonds. The van der Waals surface area contributed by atoms with E-state index in [9.17, 15) is 27.9 Å². The number of rotatable bonds is 9. The van der Waals surface area contributed by atoms with E-state index in [1.165, 1.54) is 12.1 Å². The third-order valence-corrected chi connectivity index (χ3v) is 4.25. The lowest BCUT2D eigenvalue weighted by atomic mass is 10.1. The van der Waals surface area contributed by atoms with Crippen molar-refractivity contribution in [2.24, 2.45) is 0 Å². The van der Waals surface area contributed by atoms with E-state index in [1.807, 2.05) is 6.92 Å². The number of unbranched alkanes of at least 4 members (excludes halogenated alkanes) is 1. The van der Waals surface area contributed by atoms with E-state index in [0.717, 1.165) is 0 Å². The lowest BCUT2D eigenvalue weighted by Crippen LogP contribution is -2.49. The van der Waals surface area contributed by atoms with Gasteiger partial charge in [-0.1, -0.05) is 31.5 Å². The first kappa shape index (κ1) is 20.8. The van der Waals surface area contributed by atoms with Gasteiger partial charge in [0.05, 0.1) is 5.75 Å². The highest BCUT2D eigenvalue weighted by molar-refractivity contribution is 7.85. The fraction of sp³-hybridized carbons (Fsp3) is 0.438. The largest absolute Gasteiger partial charge is 0.480 e. The molecule has 0 bridgehead atoms. The Kier molecular flexibility index (Phi) is 7.72. The third-order valence-electron chi connectivity index (χ3n) is 3.50. The molecule has 0 spiro atoms. The Hall–Kier alpha value is -2.26. The number of hydrogen-bond donors (Lipinski definition) is 2. The van der Waals surface area contributed by atoms with Gasteiger partial charge in [-0.2, -0.15) is 8.42 Å². The van der Waals surface area contributed by atoms with Crippen molar-refractivity contribution in [3.8, 4) is 0 Å². The van der Waals surface area contributed by atoms with Gasteiger partial charge in [0.15, 0.2) is 0 Å². The highest BCUT2D eigenvalue weighted by Gasteiger charge is 2.35. The molecule has 0 fully saturated rings. The predicted octanol–water partition coefficient (Wildman–Crippen LogP) is 1.58. The van der Waals surface area contributed by atoms with Crippen molar-refractivity contribution in [2.75, 3.05) is 5.75 Å². The molecule has 138 valence electrons. The van der Waals surface area contributed by atoms with Crippen LogP contribution in [0.15, 0.2) is 30.3 Å². The second-order valence-electron chi connectivity index (χ2n) is 5.47. The summed E-state index contributed by atoms with van der Waals surface area (Å²) in [6.07, 6.45) is 0.499. The van der Waals surface area contributed by atoms with Crippen LogP contribution in [0, 0.1) is 0 Å². The maximum Gasteiger partial charge on any atom is 0.326 e. The number of aliphatic carboxylic acids is 1. The molecule has 0 saturated carbocycles. The quantitative estimate of drug-likeness (QED) is 0.630. The Morgan fingerprint density at radius 2 is 1.76 bits per heavy atom. The summed E-state index contributed by atoms with van der Waals surface area (Å²) in [6.45, 7) is 1.84. The Labute approximate surface area is 146 Å². The Morgan fingerprint density at radius 3 is 2.24 bits per heavy atom. The standard InChI is InChI=1S/C16H21NO7S/c1-2-3-9-14(18)17(15(19)12-7-5-4-6-8-12)13(16(20)21)10-11-25(22,23)24/h4-8,13H,2-3,9-11H2,1H3,(H,20,21)(H,22,23,24)/t13-/m0/s1. The molecule has 0 aliphatic heterocycles. The van der Waals surface area contributed by atoms with E-state index in [1.54, 1.807) is 18.2 Å². The zero-order valence-corrected chi connectivity index (χ0v) is 14.6. The summed E-state index contributed by atoms with van der Waals surface area (Å²) in [6, 6.07) is 5.98. The van der Waals surface area contributed by atoms with E-state index < -0.39 is 46.1 Å². The average Bonchev–Trinajstić information content (AvgIpc) is 2.55. The normalized spacial score (nSPS) is 12.4. The molecule has 0 heterocycles. The molecule has 0 saturated heterocycles. The van der Waals surface area contributed by atoms with Gasteiger partial charge in [-0.25, -0.2) is 4.79 Å². The Morgan fingerprint density at radius 1 is 1.16 bits per heavy atom. The molecular weight excluding hydrogens is 350 g/mol. The van der Waals surface area contributed by atoms with Crippen LogP contribution >= 0.6 is 0 Å². The van der Waals surface area contributed by atoms with Crippen molar-refractivity contribution < 1.29 is 32.5 Å². The van der Waals surface area contributed by atoms with E-state index in [0.29, 0.717) is 17.7 Å². The molecule has 1 aromatic carbocycles. The van der Waals surface area contributed by atoms with Crippen molar-refractivity contribution >= 4 is 27.9 Å². The lowest BCUT2D eigenvalue weighted by Gasteiger charge is -2.27. The number of benzene rings is 1. The predicted molar refractivity (Wildman–Crippen MR) is 89.6 cm³/mol. The number of carboxylic acid groups (broad SMARTS) is 1. The summed E-state index contributed by atoms with van der Waals surface area (Å²) in [5.41, 5.74) is 0.116. The van der Waals surface area contributed by atoms with Gasteiger partial charge >= 0.3 is 5.97 Å². The molecule has 0 radical (unpaired) electrons. The minimum Gasteiger partial charge on any atom is -0.480 e. The number of nitrogens with zero attached hydrogens (tertiary/aromatic N) is 1. The second-order valence-corrected chi connectivity index (χ2v) is 7.04. The number of imide groups is 1. The van der Waals surface area contributed by atoms with Gasteiger partial charge in [-0.05, 0) is 25.0 Å². The van der Waals surface area contributed by atoms with E-state index in [2.05, 4.69) is 0 Å². The average molecular weight is 371 g/mol. The first-order valence-corrected chi connectivity index (χ1v) is 9.37. The van der Waals surface area contributed by atoms with Crippen molar-refractivity contribution in [3.05, 3.63) is 35.9 Å². The number of carbonyl (C=O) groups excluding carboxylic acids is 2. The van der Waals surface area contributed by atoms with E-state index in [-0.39, 0.29) is 12.0 Å². The first-order chi connectivity index (χ1) is 11.7. The van der Waals surface area contributed by atoms with Crippen LogP contribution in [-0.4, -0.2) is 52.6 Å². The zero-order chi connectivity index (χ0) is 19.0. The van der Waals surface area contributed by atoms with Crippen LogP contribution in [0.25, 0.3) is 0 Å². The van der Waals surface area contributed by atoms with Crippen molar-refractivity contribution in [1.29, 1.82) is 0 Å². The number of hydrogen-bond acceptors (Lipinski definition) is 5. The smallest absolute Gasteiger partial charge is 0.326 e. The molecule has 25 heavy (non-hydrogen) atoms. The van der Waals surface area contributed by atoms with Gasteiger partial charge in [0.25, 0.3) is 16.0 Å². The molecule has 1 aromatic rings. The third kappa shape index (κ3) is 6.63. The van der Waals surface area contributed by atoms with Gasteiger partial charge in [0.2, 0.25) is 5.91 Å². The van der Waals surface area contributed by atoms with E-state index in [4.69, 9.17) is 4.55 Å². The molecule has 0 unspecified atom stereocenters. The molecular formula is C16H21NO7S. The van der Waals surface area contributed by atoms with Gasteiger partial charge in [-0.15, -0.1) is 0 Å². The van der Waals surface area contributed by atoms with Crippen molar-refractivity contribution in [1.82, 2.24) is 4.90 Å². The minimum atomic E-state index is -4.43. The number of carbonyl (C=O) groups is 3. The fourth-order valence-corrected chi connectivity index (χ4v) is 2.74. The van der Waals surface area contributed by atoms with Crippen LogP contribution in [-0.2, 0) is 19.7 Å². The van der Waals surface area contributed by atoms with Gasteiger partial charge < -0.3 is 5.11 Å². The summed E-state index contributed by atoms with van der Waals surface area (Å²) >= 11 is 0. The molecule has 0 aliphatic carbocycles. The summed E-state index contributed by atoms with van der Waals surface area (Å²) < 4.78 is 30.7. The van der Waals surface area contributed by atoms with Gasteiger partial charge in [0, 0.05) is 12.0 Å². The fourth-order valence-electron chi connectivity index (χ4n) is 2.22. The van der Waals surface area contributed by atoms with Crippen LogP contribution < -0.4 is 0 Å². The van der Waals surface area contributed by atoms with Gasteiger partial charge in [-0.3, -0.25) is 19.0 Å². The first-order valence-electron chi connectivity index (χ1n) is 7.76. The molecule has 9 heteroatoms. The maximum atomic E-state index is 12.6. The lowest BCUT2D eigenvalue weighted by molar-refractivity contribution is -0.148. The van der Waals surface area contributed by atoms with Crippen LogP contribution in [0.4, 0.5) is 0 Å². The summed E-state index contributed by atoms with van der Waals surface area (Å²) in [4.78, 5) is 37.2. The van der Waals surface area contributed by atoms with Crippen LogP contribution in [0.2, 0.25) is 0 Å². The van der Waals surface area contributed by atoms with Crippen LogP contribution in [0.5, 0.6) is 0 Å².